The van der Waals surface area contributed by atoms with Gasteiger partial charge in [-0.2, -0.15) is 4.98 Å². The van der Waals surface area contributed by atoms with Crippen LogP contribution < -0.4 is 0 Å². The zero-order valence-electron chi connectivity index (χ0n) is 16.0. The Kier molecular flexibility index (Phi) is 5.53. The zero-order valence-corrected chi connectivity index (χ0v) is 16.0. The van der Waals surface area contributed by atoms with E-state index in [0.717, 1.165) is 5.56 Å². The molecule has 2 aromatic rings. The first-order valence-electron chi connectivity index (χ1n) is 9.15. The van der Waals surface area contributed by atoms with Crippen LogP contribution in [0, 0.1) is 5.41 Å². The monoisotopic (exact) mass is 371 g/mol. The van der Waals surface area contributed by atoms with Crippen LogP contribution in [0.1, 0.15) is 33.1 Å². The molecule has 0 saturated carbocycles. The van der Waals surface area contributed by atoms with Crippen molar-refractivity contribution in [3.8, 4) is 11.4 Å². The number of nitrogens with zero attached hydrogens (tertiary/aromatic N) is 5. The lowest BCUT2D eigenvalue weighted by atomic mass is 9.94. The maximum Gasteiger partial charge on any atom is 0.228 e. The van der Waals surface area contributed by atoms with Crippen LogP contribution in [0.4, 0.5) is 0 Å². The molecule has 0 aromatic carbocycles. The van der Waals surface area contributed by atoms with Gasteiger partial charge in [-0.25, -0.2) is 0 Å². The SMILES string of the molecule is CC(C)(C)C(=O)N1CCN(C(=O)CCc2nc(-c3ccncc3)no2)CC1. The van der Waals surface area contributed by atoms with Crippen molar-refractivity contribution in [1.29, 1.82) is 0 Å². The number of carbonyl (C=O) groups is 2. The Morgan fingerprint density at radius 3 is 2.33 bits per heavy atom. The number of piperazine rings is 1. The lowest BCUT2D eigenvalue weighted by molar-refractivity contribution is -0.144. The van der Waals surface area contributed by atoms with Crippen molar-refractivity contribution >= 4 is 11.8 Å². The number of rotatable bonds is 4. The van der Waals surface area contributed by atoms with Gasteiger partial charge in [0.1, 0.15) is 0 Å². The van der Waals surface area contributed by atoms with Gasteiger partial charge < -0.3 is 14.3 Å². The molecule has 8 heteroatoms. The number of hydrogen-bond acceptors (Lipinski definition) is 6. The van der Waals surface area contributed by atoms with Crippen molar-refractivity contribution in [2.75, 3.05) is 26.2 Å². The molecule has 0 spiro atoms. The lowest BCUT2D eigenvalue weighted by Crippen LogP contribution is -2.53. The minimum absolute atomic E-state index is 0.0431. The highest BCUT2D eigenvalue weighted by Gasteiger charge is 2.30. The number of carbonyl (C=O) groups excluding carboxylic acids is 2. The largest absolute Gasteiger partial charge is 0.339 e. The summed E-state index contributed by atoms with van der Waals surface area (Å²) < 4.78 is 5.24. The average molecular weight is 371 g/mol. The summed E-state index contributed by atoms with van der Waals surface area (Å²) in [4.78, 5) is 36.7. The quantitative estimate of drug-likeness (QED) is 0.813. The normalized spacial score (nSPS) is 15.1. The Morgan fingerprint density at radius 1 is 1.07 bits per heavy atom. The van der Waals surface area contributed by atoms with Crippen molar-refractivity contribution < 1.29 is 14.1 Å². The van der Waals surface area contributed by atoms with Crippen LogP contribution in [-0.4, -0.2) is 62.9 Å². The molecule has 0 unspecified atom stereocenters. The molecule has 0 atom stereocenters. The van der Waals surface area contributed by atoms with E-state index < -0.39 is 5.41 Å². The molecule has 0 aliphatic carbocycles. The van der Waals surface area contributed by atoms with E-state index in [-0.39, 0.29) is 11.8 Å². The van der Waals surface area contributed by atoms with Crippen LogP contribution in [-0.2, 0) is 16.0 Å². The third kappa shape index (κ3) is 4.69. The van der Waals surface area contributed by atoms with Gasteiger partial charge >= 0.3 is 0 Å². The molecule has 0 radical (unpaired) electrons. The summed E-state index contributed by atoms with van der Waals surface area (Å²) >= 11 is 0. The molecular weight excluding hydrogens is 346 g/mol. The van der Waals surface area contributed by atoms with E-state index in [1.54, 1.807) is 29.4 Å². The first-order valence-corrected chi connectivity index (χ1v) is 9.15. The molecule has 0 N–H and O–H groups in total. The molecule has 1 aliphatic heterocycles. The van der Waals surface area contributed by atoms with Crippen molar-refractivity contribution in [3.05, 3.63) is 30.4 Å². The van der Waals surface area contributed by atoms with E-state index in [1.165, 1.54) is 0 Å². The highest BCUT2D eigenvalue weighted by atomic mass is 16.5. The summed E-state index contributed by atoms with van der Waals surface area (Å²) in [5.41, 5.74) is 0.433. The fourth-order valence-corrected chi connectivity index (χ4v) is 2.98. The molecule has 2 amide bonds. The van der Waals surface area contributed by atoms with Gasteiger partial charge in [0.2, 0.25) is 23.5 Å². The molecule has 2 aromatic heterocycles. The van der Waals surface area contributed by atoms with Crippen LogP contribution in [0.15, 0.2) is 29.0 Å². The van der Waals surface area contributed by atoms with E-state index in [0.29, 0.717) is 50.7 Å². The molecule has 3 heterocycles. The maximum atomic E-state index is 12.4. The third-order valence-corrected chi connectivity index (χ3v) is 4.52. The van der Waals surface area contributed by atoms with Gasteiger partial charge in [0, 0.05) is 62.4 Å². The topological polar surface area (TPSA) is 92.4 Å². The molecule has 1 fully saturated rings. The van der Waals surface area contributed by atoms with Gasteiger partial charge in [-0.1, -0.05) is 25.9 Å². The summed E-state index contributed by atoms with van der Waals surface area (Å²) in [6.07, 6.45) is 4.04. The smallest absolute Gasteiger partial charge is 0.228 e. The minimum Gasteiger partial charge on any atom is -0.339 e. The summed E-state index contributed by atoms with van der Waals surface area (Å²) in [5.74, 6) is 1.11. The number of hydrogen-bond donors (Lipinski definition) is 0. The van der Waals surface area contributed by atoms with Gasteiger partial charge in [-0.15, -0.1) is 0 Å². The lowest BCUT2D eigenvalue weighted by Gasteiger charge is -2.37. The highest BCUT2D eigenvalue weighted by molar-refractivity contribution is 5.82. The van der Waals surface area contributed by atoms with Crippen LogP contribution in [0.3, 0.4) is 0 Å². The van der Waals surface area contributed by atoms with Gasteiger partial charge in [-0.05, 0) is 12.1 Å². The van der Waals surface area contributed by atoms with Crippen molar-refractivity contribution in [1.82, 2.24) is 24.9 Å². The van der Waals surface area contributed by atoms with Crippen molar-refractivity contribution in [3.63, 3.8) is 0 Å². The molecule has 8 nitrogen and oxygen atoms in total. The van der Waals surface area contributed by atoms with Crippen LogP contribution in [0.25, 0.3) is 11.4 Å². The van der Waals surface area contributed by atoms with Crippen molar-refractivity contribution in [2.45, 2.75) is 33.6 Å². The molecule has 1 saturated heterocycles. The summed E-state index contributed by atoms with van der Waals surface area (Å²) in [6, 6.07) is 3.61. The Morgan fingerprint density at radius 2 is 1.70 bits per heavy atom. The predicted octanol–water partition coefficient (Wildman–Crippen LogP) is 1.78. The van der Waals surface area contributed by atoms with E-state index in [2.05, 4.69) is 15.1 Å². The fraction of sp³-hybridized carbons (Fsp3) is 0.526. The van der Waals surface area contributed by atoms with Crippen molar-refractivity contribution in [2.24, 2.45) is 5.41 Å². The third-order valence-electron chi connectivity index (χ3n) is 4.52. The molecule has 144 valence electrons. The Hall–Kier alpha value is -2.77. The summed E-state index contributed by atoms with van der Waals surface area (Å²) in [6.45, 7) is 8.02. The van der Waals surface area contributed by atoms with E-state index in [1.807, 2.05) is 25.7 Å². The fourth-order valence-electron chi connectivity index (χ4n) is 2.98. The Labute approximate surface area is 158 Å². The molecule has 27 heavy (non-hydrogen) atoms. The number of amides is 2. The molecule has 0 bridgehead atoms. The second kappa shape index (κ2) is 7.85. The summed E-state index contributed by atoms with van der Waals surface area (Å²) in [5, 5.41) is 3.95. The minimum atomic E-state index is -0.392. The van der Waals surface area contributed by atoms with Gasteiger partial charge in [0.25, 0.3) is 0 Å². The first-order chi connectivity index (χ1) is 12.8. The van der Waals surface area contributed by atoms with Gasteiger partial charge in [-0.3, -0.25) is 14.6 Å². The van der Waals surface area contributed by atoms with E-state index in [4.69, 9.17) is 4.52 Å². The zero-order chi connectivity index (χ0) is 19.4. The second-order valence-electron chi connectivity index (χ2n) is 7.67. The van der Waals surface area contributed by atoms with E-state index in [9.17, 15) is 9.59 Å². The van der Waals surface area contributed by atoms with Crippen LogP contribution in [0.2, 0.25) is 0 Å². The van der Waals surface area contributed by atoms with E-state index >= 15 is 0 Å². The number of aryl methyl sites for hydroxylation is 1. The van der Waals surface area contributed by atoms with Crippen LogP contribution >= 0.6 is 0 Å². The second-order valence-corrected chi connectivity index (χ2v) is 7.67. The first kappa shape index (κ1) is 19.0. The van der Waals surface area contributed by atoms with Crippen LogP contribution in [0.5, 0.6) is 0 Å². The van der Waals surface area contributed by atoms with Gasteiger partial charge in [0.15, 0.2) is 0 Å². The maximum absolute atomic E-state index is 12.4. The number of aromatic nitrogens is 3. The average Bonchev–Trinajstić information content (AvgIpc) is 3.15. The van der Waals surface area contributed by atoms with Gasteiger partial charge in [0.05, 0.1) is 0 Å². The molecule has 1 aliphatic rings. The molecular formula is C19H25N5O3. The highest BCUT2D eigenvalue weighted by Crippen LogP contribution is 2.19. The summed E-state index contributed by atoms with van der Waals surface area (Å²) in [7, 11) is 0. The standard InChI is InChI=1S/C19H25N5O3/c1-19(2,3)18(26)24-12-10-23(11-13-24)16(25)5-4-15-21-17(22-27-15)14-6-8-20-9-7-14/h6-9H,4-5,10-13H2,1-3H3. The Bertz CT molecular complexity index is 789. The predicted molar refractivity (Wildman–Crippen MR) is 98.5 cm³/mol. The molecule has 3 rings (SSSR count). The number of pyridine rings is 1. The Balaban J connectivity index is 1.48.